The Bertz CT molecular complexity index is 551. The van der Waals surface area contributed by atoms with Crippen molar-refractivity contribution in [2.24, 2.45) is 5.92 Å². The van der Waals surface area contributed by atoms with Crippen molar-refractivity contribution in [3.8, 4) is 5.95 Å². The van der Waals surface area contributed by atoms with Crippen LogP contribution in [0, 0.1) is 5.92 Å². The molecule has 106 valence electrons. The molecular formula is C12H17N7O. The second-order valence-electron chi connectivity index (χ2n) is 4.72. The summed E-state index contributed by atoms with van der Waals surface area (Å²) in [4.78, 5) is 16.5. The van der Waals surface area contributed by atoms with Crippen LogP contribution in [0.25, 0.3) is 5.95 Å². The second kappa shape index (κ2) is 5.83. The fraction of sp³-hybridized carbons (Fsp3) is 0.500. The van der Waals surface area contributed by atoms with E-state index in [1.165, 1.54) is 0 Å². The molecule has 2 aromatic heterocycles. The van der Waals surface area contributed by atoms with Gasteiger partial charge >= 0.3 is 0 Å². The summed E-state index contributed by atoms with van der Waals surface area (Å²) in [7, 11) is 0. The van der Waals surface area contributed by atoms with Gasteiger partial charge in [-0.15, -0.1) is 0 Å². The molecule has 0 unspecified atom stereocenters. The van der Waals surface area contributed by atoms with Gasteiger partial charge in [-0.05, 0) is 18.8 Å². The highest BCUT2D eigenvalue weighted by atomic mass is 16.5. The van der Waals surface area contributed by atoms with Crippen molar-refractivity contribution >= 4 is 11.9 Å². The summed E-state index contributed by atoms with van der Waals surface area (Å²) in [6.07, 6.45) is 7.16. The van der Waals surface area contributed by atoms with Gasteiger partial charge in [0.2, 0.25) is 17.8 Å². The Hall–Kier alpha value is -2.22. The fourth-order valence-corrected chi connectivity index (χ4v) is 2.14. The molecule has 0 aliphatic carbocycles. The predicted octanol–water partition coefficient (Wildman–Crippen LogP) is 0.478. The van der Waals surface area contributed by atoms with Crippen LogP contribution in [0.2, 0.25) is 0 Å². The number of imidazole rings is 1. The second-order valence-corrected chi connectivity index (χ2v) is 4.72. The Morgan fingerprint density at radius 1 is 1.30 bits per heavy atom. The van der Waals surface area contributed by atoms with E-state index in [1.54, 1.807) is 23.3 Å². The highest BCUT2D eigenvalue weighted by molar-refractivity contribution is 5.35. The van der Waals surface area contributed by atoms with Crippen LogP contribution in [0.5, 0.6) is 0 Å². The first-order chi connectivity index (χ1) is 9.81. The lowest BCUT2D eigenvalue weighted by molar-refractivity contribution is 0.0699. The third kappa shape index (κ3) is 3.02. The Morgan fingerprint density at radius 2 is 2.15 bits per heavy atom. The first kappa shape index (κ1) is 12.8. The van der Waals surface area contributed by atoms with Crippen LogP contribution in [0.15, 0.2) is 18.7 Å². The van der Waals surface area contributed by atoms with Crippen molar-refractivity contribution < 1.29 is 4.74 Å². The number of nitrogens with one attached hydrogen (secondary N) is 1. The van der Waals surface area contributed by atoms with E-state index in [-0.39, 0.29) is 5.95 Å². The highest BCUT2D eigenvalue weighted by Gasteiger charge is 2.14. The van der Waals surface area contributed by atoms with Gasteiger partial charge < -0.3 is 15.8 Å². The number of hydrogen-bond acceptors (Lipinski definition) is 7. The van der Waals surface area contributed by atoms with Crippen LogP contribution >= 0.6 is 0 Å². The molecule has 3 heterocycles. The first-order valence-corrected chi connectivity index (χ1v) is 6.63. The van der Waals surface area contributed by atoms with E-state index in [4.69, 9.17) is 10.5 Å². The van der Waals surface area contributed by atoms with E-state index in [0.29, 0.717) is 17.8 Å². The van der Waals surface area contributed by atoms with Gasteiger partial charge in [0.15, 0.2) is 0 Å². The maximum atomic E-state index is 5.72. The van der Waals surface area contributed by atoms with Gasteiger partial charge in [0.05, 0.1) is 0 Å². The Labute approximate surface area is 116 Å². The number of nitrogens with zero attached hydrogens (tertiary/aromatic N) is 5. The van der Waals surface area contributed by atoms with Gasteiger partial charge in [0.25, 0.3) is 0 Å². The van der Waals surface area contributed by atoms with E-state index in [1.807, 2.05) is 0 Å². The Kier molecular flexibility index (Phi) is 3.73. The number of nitrogen functional groups attached to an aromatic ring is 1. The molecule has 1 saturated heterocycles. The summed E-state index contributed by atoms with van der Waals surface area (Å²) in [6, 6.07) is 0. The van der Waals surface area contributed by atoms with E-state index in [9.17, 15) is 0 Å². The molecule has 0 saturated carbocycles. The summed E-state index contributed by atoms with van der Waals surface area (Å²) in [5.41, 5.74) is 5.72. The van der Waals surface area contributed by atoms with Crippen LogP contribution in [0.3, 0.4) is 0 Å². The highest BCUT2D eigenvalue weighted by Crippen LogP contribution is 2.15. The normalized spacial score (nSPS) is 16.2. The minimum Gasteiger partial charge on any atom is -0.381 e. The molecule has 0 aromatic carbocycles. The maximum Gasteiger partial charge on any atom is 0.241 e. The summed E-state index contributed by atoms with van der Waals surface area (Å²) >= 11 is 0. The lowest BCUT2D eigenvalue weighted by Gasteiger charge is -2.22. The molecule has 1 fully saturated rings. The van der Waals surface area contributed by atoms with Crippen LogP contribution in [0.4, 0.5) is 11.9 Å². The monoisotopic (exact) mass is 275 g/mol. The zero-order valence-electron chi connectivity index (χ0n) is 11.1. The molecule has 8 heteroatoms. The number of hydrogen-bond donors (Lipinski definition) is 2. The zero-order valence-corrected chi connectivity index (χ0v) is 11.1. The molecule has 0 atom stereocenters. The lowest BCUT2D eigenvalue weighted by atomic mass is 10.0. The number of anilines is 2. The predicted molar refractivity (Wildman–Crippen MR) is 73.4 cm³/mol. The molecule has 1 aliphatic rings. The van der Waals surface area contributed by atoms with Crippen molar-refractivity contribution in [2.75, 3.05) is 30.8 Å². The SMILES string of the molecule is Nc1nc(NCC2CCOCC2)nc(-n2ccnc2)n1. The van der Waals surface area contributed by atoms with Crippen molar-refractivity contribution in [3.63, 3.8) is 0 Å². The van der Waals surface area contributed by atoms with Crippen molar-refractivity contribution in [2.45, 2.75) is 12.8 Å². The van der Waals surface area contributed by atoms with Gasteiger partial charge in [0.1, 0.15) is 6.33 Å². The van der Waals surface area contributed by atoms with E-state index < -0.39 is 0 Å². The third-order valence-electron chi connectivity index (χ3n) is 3.27. The van der Waals surface area contributed by atoms with Crippen LogP contribution in [-0.2, 0) is 4.74 Å². The number of rotatable bonds is 4. The van der Waals surface area contributed by atoms with Crippen molar-refractivity contribution in [1.29, 1.82) is 0 Å². The Balaban J connectivity index is 1.69. The molecule has 0 spiro atoms. The maximum absolute atomic E-state index is 5.72. The summed E-state index contributed by atoms with van der Waals surface area (Å²) in [5, 5.41) is 3.23. The largest absolute Gasteiger partial charge is 0.381 e. The molecular weight excluding hydrogens is 258 g/mol. The van der Waals surface area contributed by atoms with Crippen molar-refractivity contribution in [3.05, 3.63) is 18.7 Å². The summed E-state index contributed by atoms with van der Waals surface area (Å²) < 4.78 is 7.03. The molecule has 0 amide bonds. The lowest BCUT2D eigenvalue weighted by Crippen LogP contribution is -2.23. The van der Waals surface area contributed by atoms with E-state index >= 15 is 0 Å². The molecule has 1 aliphatic heterocycles. The number of aromatic nitrogens is 5. The van der Waals surface area contributed by atoms with E-state index in [0.717, 1.165) is 32.6 Å². The summed E-state index contributed by atoms with van der Waals surface area (Å²) in [6.45, 7) is 2.47. The zero-order chi connectivity index (χ0) is 13.8. The smallest absolute Gasteiger partial charge is 0.241 e. The average molecular weight is 275 g/mol. The topological polar surface area (TPSA) is 104 Å². The molecule has 0 bridgehead atoms. The standard InChI is InChI=1S/C12H17N7O/c13-10-16-11(15-7-9-1-5-20-6-2-9)18-12(17-10)19-4-3-14-8-19/h3-4,8-9H,1-2,5-7H2,(H3,13,15,16,17,18). The Morgan fingerprint density at radius 3 is 2.90 bits per heavy atom. The molecule has 3 rings (SSSR count). The fourth-order valence-electron chi connectivity index (χ4n) is 2.14. The van der Waals surface area contributed by atoms with Crippen LogP contribution in [0.1, 0.15) is 12.8 Å². The minimum atomic E-state index is 0.193. The summed E-state index contributed by atoms with van der Waals surface area (Å²) in [5.74, 6) is 1.73. The van der Waals surface area contributed by atoms with Gasteiger partial charge in [-0.1, -0.05) is 0 Å². The number of nitrogens with two attached hydrogens (primary N) is 1. The van der Waals surface area contributed by atoms with Gasteiger partial charge in [-0.25, -0.2) is 4.98 Å². The van der Waals surface area contributed by atoms with Gasteiger partial charge in [-0.2, -0.15) is 15.0 Å². The van der Waals surface area contributed by atoms with E-state index in [2.05, 4.69) is 25.3 Å². The molecule has 8 nitrogen and oxygen atoms in total. The minimum absolute atomic E-state index is 0.193. The molecule has 2 aromatic rings. The third-order valence-corrected chi connectivity index (χ3v) is 3.27. The number of ether oxygens (including phenoxy) is 1. The molecule has 3 N–H and O–H groups in total. The molecule has 20 heavy (non-hydrogen) atoms. The van der Waals surface area contributed by atoms with Gasteiger partial charge in [0, 0.05) is 32.2 Å². The van der Waals surface area contributed by atoms with Crippen LogP contribution in [-0.4, -0.2) is 44.3 Å². The average Bonchev–Trinajstić information content (AvgIpc) is 3.00. The van der Waals surface area contributed by atoms with Gasteiger partial charge in [-0.3, -0.25) is 4.57 Å². The van der Waals surface area contributed by atoms with Crippen LogP contribution < -0.4 is 11.1 Å². The first-order valence-electron chi connectivity index (χ1n) is 6.63. The molecule has 0 radical (unpaired) electrons. The quantitative estimate of drug-likeness (QED) is 0.836. The van der Waals surface area contributed by atoms with Crippen molar-refractivity contribution in [1.82, 2.24) is 24.5 Å².